The topological polar surface area (TPSA) is 60.2 Å². The minimum atomic E-state index is -0.365. The quantitative estimate of drug-likeness (QED) is 0.623. The summed E-state index contributed by atoms with van der Waals surface area (Å²) in [6, 6.07) is 0. The summed E-state index contributed by atoms with van der Waals surface area (Å²) >= 11 is 5.04. The number of thiol groups is 1. The summed E-state index contributed by atoms with van der Waals surface area (Å²) in [6.45, 7) is 0. The van der Waals surface area contributed by atoms with Crippen molar-refractivity contribution in [3.63, 3.8) is 0 Å². The molecule has 0 aromatic carbocycles. The van der Waals surface area contributed by atoms with Crippen molar-refractivity contribution in [1.29, 1.82) is 0 Å². The third kappa shape index (κ3) is 7.74. The van der Waals surface area contributed by atoms with Crippen molar-refractivity contribution >= 4 is 35.4 Å². The lowest BCUT2D eigenvalue weighted by Crippen LogP contribution is -2.11. The minimum absolute atomic E-state index is 0.0706. The highest BCUT2D eigenvalue weighted by atomic mass is 32.2. The lowest BCUT2D eigenvalue weighted by atomic mass is 10.5. The molecule has 0 rings (SSSR count). The van der Waals surface area contributed by atoms with Crippen LogP contribution >= 0.6 is 24.4 Å². The smallest absolute Gasteiger partial charge is 0.218 e. The van der Waals surface area contributed by atoms with E-state index >= 15 is 0 Å². The van der Waals surface area contributed by atoms with Gasteiger partial charge in [0.1, 0.15) is 0 Å². The zero-order chi connectivity index (χ0) is 8.69. The molecule has 0 saturated carbocycles. The molecule has 0 aromatic rings. The molecule has 0 unspecified atom stereocenters. The molecule has 0 spiro atoms. The molecule has 64 valence electrons. The molecule has 5 heteroatoms. The van der Waals surface area contributed by atoms with Gasteiger partial charge in [0.15, 0.2) is 5.12 Å². The first-order valence-corrected chi connectivity index (χ1v) is 4.83. The van der Waals surface area contributed by atoms with E-state index in [1.807, 2.05) is 0 Å². The Morgan fingerprint density at radius 2 is 2.00 bits per heavy atom. The van der Waals surface area contributed by atoms with Crippen molar-refractivity contribution < 1.29 is 9.59 Å². The molecule has 0 aromatic heterocycles. The van der Waals surface area contributed by atoms with E-state index in [0.717, 1.165) is 11.8 Å². The number of hydrogen-bond acceptors (Lipinski definition) is 4. The van der Waals surface area contributed by atoms with E-state index in [9.17, 15) is 9.59 Å². The molecule has 0 aliphatic heterocycles. The zero-order valence-corrected chi connectivity index (χ0v) is 7.79. The number of amides is 1. The van der Waals surface area contributed by atoms with Crippen LogP contribution < -0.4 is 5.73 Å². The fourth-order valence-corrected chi connectivity index (χ4v) is 1.56. The van der Waals surface area contributed by atoms with Crippen molar-refractivity contribution in [2.75, 3.05) is 11.5 Å². The molecule has 0 radical (unpaired) electrons. The van der Waals surface area contributed by atoms with Crippen molar-refractivity contribution in [3.8, 4) is 0 Å². The predicted octanol–water partition coefficient (Wildman–Crippen LogP) is 0.441. The molecule has 0 aliphatic carbocycles. The summed E-state index contributed by atoms with van der Waals surface area (Å²) in [7, 11) is 0. The van der Waals surface area contributed by atoms with Crippen LogP contribution in [0.15, 0.2) is 0 Å². The van der Waals surface area contributed by atoms with Gasteiger partial charge in [0, 0.05) is 18.6 Å². The van der Waals surface area contributed by atoms with Crippen LogP contribution in [0, 0.1) is 0 Å². The fourth-order valence-electron chi connectivity index (χ4n) is 0.429. The monoisotopic (exact) mass is 193 g/mol. The maximum atomic E-state index is 10.8. The second-order valence-electron chi connectivity index (χ2n) is 1.91. The van der Waals surface area contributed by atoms with Gasteiger partial charge in [-0.05, 0) is 5.75 Å². The van der Waals surface area contributed by atoms with Crippen LogP contribution in [0.5, 0.6) is 0 Å². The van der Waals surface area contributed by atoms with Gasteiger partial charge in [-0.25, -0.2) is 0 Å². The van der Waals surface area contributed by atoms with E-state index in [4.69, 9.17) is 5.73 Å². The van der Waals surface area contributed by atoms with Crippen LogP contribution in [0.25, 0.3) is 0 Å². The van der Waals surface area contributed by atoms with Gasteiger partial charge in [0.2, 0.25) is 5.91 Å². The fraction of sp³-hybridized carbons (Fsp3) is 0.667. The van der Waals surface area contributed by atoms with Crippen molar-refractivity contribution in [2.24, 2.45) is 5.73 Å². The summed E-state index contributed by atoms with van der Waals surface area (Å²) in [5, 5.41) is 0.0706. The van der Waals surface area contributed by atoms with Crippen LogP contribution in [0.3, 0.4) is 0 Å². The summed E-state index contributed by atoms with van der Waals surface area (Å²) < 4.78 is 0. The summed E-state index contributed by atoms with van der Waals surface area (Å²) in [6.07, 6.45) is 0.718. The lowest BCUT2D eigenvalue weighted by molar-refractivity contribution is -0.117. The third-order valence-corrected chi connectivity index (χ3v) is 2.09. The summed E-state index contributed by atoms with van der Waals surface area (Å²) in [5.74, 6) is 0.681. The van der Waals surface area contributed by atoms with Crippen LogP contribution in [0.1, 0.15) is 12.8 Å². The Bertz CT molecular complexity index is 150. The van der Waals surface area contributed by atoms with E-state index in [-0.39, 0.29) is 17.4 Å². The Morgan fingerprint density at radius 3 is 2.45 bits per heavy atom. The normalized spacial score (nSPS) is 9.55. The van der Waals surface area contributed by atoms with Gasteiger partial charge in [-0.3, -0.25) is 9.59 Å². The third-order valence-electron chi connectivity index (χ3n) is 0.927. The molecule has 0 saturated heterocycles. The highest BCUT2D eigenvalue weighted by Crippen LogP contribution is 2.06. The molecule has 2 N–H and O–H groups in total. The first kappa shape index (κ1) is 10.8. The Hall–Kier alpha value is -0.160. The van der Waals surface area contributed by atoms with Crippen molar-refractivity contribution in [3.05, 3.63) is 0 Å². The SMILES string of the molecule is NC(=O)CCSC(=O)CCS. The minimum Gasteiger partial charge on any atom is -0.370 e. The first-order chi connectivity index (χ1) is 5.16. The van der Waals surface area contributed by atoms with E-state index < -0.39 is 0 Å². The van der Waals surface area contributed by atoms with Gasteiger partial charge >= 0.3 is 0 Å². The van der Waals surface area contributed by atoms with Gasteiger partial charge in [-0.15, -0.1) is 0 Å². The maximum Gasteiger partial charge on any atom is 0.218 e. The number of carbonyl (C=O) groups is 2. The van der Waals surface area contributed by atoms with Crippen LogP contribution in [-0.4, -0.2) is 22.5 Å². The predicted molar refractivity (Wildman–Crippen MR) is 49.7 cm³/mol. The number of nitrogens with two attached hydrogens (primary N) is 1. The molecule has 11 heavy (non-hydrogen) atoms. The van der Waals surface area contributed by atoms with Gasteiger partial charge in [-0.1, -0.05) is 11.8 Å². The Morgan fingerprint density at radius 1 is 1.36 bits per heavy atom. The molecule has 0 aliphatic rings. The Kier molecular flexibility index (Phi) is 6.45. The van der Waals surface area contributed by atoms with Crippen LogP contribution in [-0.2, 0) is 9.59 Å². The summed E-state index contributed by atoms with van der Waals surface area (Å²) in [4.78, 5) is 21.0. The number of rotatable bonds is 5. The van der Waals surface area contributed by atoms with E-state index in [0.29, 0.717) is 17.9 Å². The maximum absolute atomic E-state index is 10.8. The zero-order valence-electron chi connectivity index (χ0n) is 6.08. The molecular formula is C6H11NO2S2. The van der Waals surface area contributed by atoms with E-state index in [1.165, 1.54) is 0 Å². The second-order valence-corrected chi connectivity index (χ2v) is 3.51. The van der Waals surface area contributed by atoms with Crippen molar-refractivity contribution in [2.45, 2.75) is 12.8 Å². The highest BCUT2D eigenvalue weighted by molar-refractivity contribution is 8.13. The molecule has 3 nitrogen and oxygen atoms in total. The Balaban J connectivity index is 3.24. The van der Waals surface area contributed by atoms with Gasteiger partial charge in [-0.2, -0.15) is 12.6 Å². The van der Waals surface area contributed by atoms with Gasteiger partial charge < -0.3 is 5.73 Å². The van der Waals surface area contributed by atoms with E-state index in [1.54, 1.807) is 0 Å². The first-order valence-electron chi connectivity index (χ1n) is 3.21. The molecule has 0 atom stereocenters. The number of thioether (sulfide) groups is 1. The molecule has 0 bridgehead atoms. The summed E-state index contributed by atoms with van der Waals surface area (Å²) in [5.41, 5.74) is 4.87. The molecule has 1 amide bonds. The Labute approximate surface area is 75.5 Å². The molecular weight excluding hydrogens is 182 g/mol. The standard InChI is InChI=1S/C6H11NO2S2/c7-5(8)2-4-11-6(9)1-3-10/h10H,1-4H2,(H2,7,8). The second kappa shape index (κ2) is 6.54. The van der Waals surface area contributed by atoms with Gasteiger partial charge in [0.25, 0.3) is 0 Å². The largest absolute Gasteiger partial charge is 0.370 e. The van der Waals surface area contributed by atoms with Crippen LogP contribution in [0.2, 0.25) is 0 Å². The number of carbonyl (C=O) groups excluding carboxylic acids is 2. The number of hydrogen-bond donors (Lipinski definition) is 2. The highest BCUT2D eigenvalue weighted by Gasteiger charge is 2.01. The lowest BCUT2D eigenvalue weighted by Gasteiger charge is -1.95. The van der Waals surface area contributed by atoms with E-state index in [2.05, 4.69) is 12.6 Å². The molecule has 0 fully saturated rings. The average molecular weight is 193 g/mol. The van der Waals surface area contributed by atoms with Crippen molar-refractivity contribution in [1.82, 2.24) is 0 Å². The average Bonchev–Trinajstić information content (AvgIpc) is 1.87. The molecule has 0 heterocycles. The number of primary amides is 1. The van der Waals surface area contributed by atoms with Crippen LogP contribution in [0.4, 0.5) is 0 Å². The van der Waals surface area contributed by atoms with Gasteiger partial charge in [0.05, 0.1) is 0 Å².